The molecule has 1 aliphatic carbocycles. The van der Waals surface area contributed by atoms with Crippen molar-refractivity contribution in [3.8, 4) is 0 Å². The lowest BCUT2D eigenvalue weighted by molar-refractivity contribution is 0.319. The van der Waals surface area contributed by atoms with E-state index in [-0.39, 0.29) is 0 Å². The van der Waals surface area contributed by atoms with Crippen molar-refractivity contribution in [2.45, 2.75) is 38.2 Å². The molecule has 0 spiro atoms. The number of epoxide rings is 1. The molecular weight excluding hydrogens is 124 g/mol. The van der Waals surface area contributed by atoms with Gasteiger partial charge in [-0.2, -0.15) is 0 Å². The fourth-order valence-electron chi connectivity index (χ4n) is 1.81. The van der Waals surface area contributed by atoms with Crippen LogP contribution in [0.15, 0.2) is 0 Å². The molecular formula is C9H15O. The standard InChI is InChI=1S/C9H15O/c1-2-4-8(5-3-1)6-9-7-10-9/h2,8-9H,1,3-7H2. The minimum atomic E-state index is 0.650. The van der Waals surface area contributed by atoms with Gasteiger partial charge < -0.3 is 4.74 Å². The van der Waals surface area contributed by atoms with Crippen molar-refractivity contribution in [2.75, 3.05) is 6.61 Å². The van der Waals surface area contributed by atoms with Gasteiger partial charge in [-0.3, -0.25) is 0 Å². The van der Waals surface area contributed by atoms with Gasteiger partial charge in [-0.25, -0.2) is 0 Å². The summed E-state index contributed by atoms with van der Waals surface area (Å²) in [7, 11) is 0. The number of rotatable bonds is 2. The molecule has 0 aromatic heterocycles. The van der Waals surface area contributed by atoms with Crippen LogP contribution in [0.1, 0.15) is 32.1 Å². The molecule has 0 aromatic rings. The monoisotopic (exact) mass is 139 g/mol. The van der Waals surface area contributed by atoms with E-state index >= 15 is 0 Å². The Labute approximate surface area is 62.8 Å². The molecule has 1 saturated heterocycles. The Balaban J connectivity index is 1.69. The van der Waals surface area contributed by atoms with Crippen LogP contribution in [0.2, 0.25) is 0 Å². The summed E-state index contributed by atoms with van der Waals surface area (Å²) >= 11 is 0. The molecule has 0 N–H and O–H groups in total. The van der Waals surface area contributed by atoms with Crippen LogP contribution in [0.5, 0.6) is 0 Å². The topological polar surface area (TPSA) is 12.5 Å². The van der Waals surface area contributed by atoms with Gasteiger partial charge in [-0.1, -0.05) is 19.3 Å². The van der Waals surface area contributed by atoms with Crippen molar-refractivity contribution in [1.29, 1.82) is 0 Å². The Kier molecular flexibility index (Phi) is 1.94. The molecule has 2 aliphatic rings. The summed E-state index contributed by atoms with van der Waals surface area (Å²) in [5, 5.41) is 0. The minimum absolute atomic E-state index is 0.650. The van der Waals surface area contributed by atoms with Crippen LogP contribution in [0.4, 0.5) is 0 Å². The molecule has 0 amide bonds. The highest BCUT2D eigenvalue weighted by Gasteiger charge is 2.27. The molecule has 2 fully saturated rings. The molecule has 2 rings (SSSR count). The van der Waals surface area contributed by atoms with Gasteiger partial charge in [0.25, 0.3) is 0 Å². The third-order valence-corrected chi connectivity index (χ3v) is 2.52. The first-order valence-corrected chi connectivity index (χ1v) is 4.38. The molecule has 1 saturated carbocycles. The van der Waals surface area contributed by atoms with E-state index in [0.29, 0.717) is 6.10 Å². The SMILES string of the molecule is [CH]1CCCC(CC2CO2)C1. The predicted molar refractivity (Wildman–Crippen MR) is 40.6 cm³/mol. The van der Waals surface area contributed by atoms with Gasteiger partial charge in [0, 0.05) is 0 Å². The Hall–Kier alpha value is -0.0400. The lowest BCUT2D eigenvalue weighted by Gasteiger charge is -2.19. The average molecular weight is 139 g/mol. The lowest BCUT2D eigenvalue weighted by Crippen LogP contribution is -2.08. The third kappa shape index (κ3) is 1.72. The second-order valence-electron chi connectivity index (χ2n) is 3.51. The molecule has 0 aromatic carbocycles. The van der Waals surface area contributed by atoms with Crippen LogP contribution in [-0.4, -0.2) is 12.7 Å². The maximum atomic E-state index is 5.20. The smallest absolute Gasteiger partial charge is 0.0812 e. The van der Waals surface area contributed by atoms with Crippen LogP contribution in [0, 0.1) is 12.3 Å². The highest BCUT2D eigenvalue weighted by atomic mass is 16.6. The van der Waals surface area contributed by atoms with E-state index in [1.165, 1.54) is 32.1 Å². The van der Waals surface area contributed by atoms with Crippen molar-refractivity contribution < 1.29 is 4.74 Å². The van der Waals surface area contributed by atoms with Gasteiger partial charge in [0.05, 0.1) is 12.7 Å². The first-order chi connectivity index (χ1) is 4.95. The molecule has 1 nitrogen and oxygen atoms in total. The maximum Gasteiger partial charge on any atom is 0.0812 e. The third-order valence-electron chi connectivity index (χ3n) is 2.52. The van der Waals surface area contributed by atoms with Crippen molar-refractivity contribution in [1.82, 2.24) is 0 Å². The van der Waals surface area contributed by atoms with E-state index < -0.39 is 0 Å². The summed E-state index contributed by atoms with van der Waals surface area (Å²) in [5.74, 6) is 0.959. The zero-order valence-electron chi connectivity index (χ0n) is 6.38. The van der Waals surface area contributed by atoms with Crippen LogP contribution in [0.3, 0.4) is 0 Å². The second-order valence-corrected chi connectivity index (χ2v) is 3.51. The zero-order chi connectivity index (χ0) is 6.81. The van der Waals surface area contributed by atoms with Crippen LogP contribution >= 0.6 is 0 Å². The second kappa shape index (κ2) is 2.91. The molecule has 1 heterocycles. The average Bonchev–Trinajstić information content (AvgIpc) is 2.74. The predicted octanol–water partition coefficient (Wildman–Crippen LogP) is 2.17. The summed E-state index contributed by atoms with van der Waals surface area (Å²) in [6, 6.07) is 0. The van der Waals surface area contributed by atoms with E-state index in [9.17, 15) is 0 Å². The Morgan fingerprint density at radius 3 is 3.00 bits per heavy atom. The Bertz CT molecular complexity index is 101. The normalized spacial score (nSPS) is 34.2. The first-order valence-electron chi connectivity index (χ1n) is 4.38. The van der Waals surface area contributed by atoms with Crippen molar-refractivity contribution in [3.63, 3.8) is 0 Å². The fraction of sp³-hybridized carbons (Fsp3) is 0.889. The van der Waals surface area contributed by atoms with Crippen molar-refractivity contribution in [2.24, 2.45) is 5.92 Å². The Morgan fingerprint density at radius 1 is 1.50 bits per heavy atom. The molecule has 2 unspecified atom stereocenters. The van der Waals surface area contributed by atoms with Crippen molar-refractivity contribution in [3.05, 3.63) is 6.42 Å². The number of hydrogen-bond acceptors (Lipinski definition) is 1. The maximum absolute atomic E-state index is 5.20. The van der Waals surface area contributed by atoms with Gasteiger partial charge in [0.1, 0.15) is 0 Å². The number of ether oxygens (including phenoxy) is 1. The first kappa shape index (κ1) is 6.66. The van der Waals surface area contributed by atoms with Gasteiger partial charge in [0.2, 0.25) is 0 Å². The summed E-state index contributed by atoms with van der Waals surface area (Å²) in [5.41, 5.74) is 0. The Morgan fingerprint density at radius 2 is 2.40 bits per heavy atom. The summed E-state index contributed by atoms with van der Waals surface area (Å²) in [6.07, 6.45) is 9.97. The van der Waals surface area contributed by atoms with Crippen LogP contribution in [-0.2, 0) is 4.74 Å². The highest BCUT2D eigenvalue weighted by Crippen LogP contribution is 2.30. The molecule has 1 aliphatic heterocycles. The molecule has 2 atom stereocenters. The zero-order valence-corrected chi connectivity index (χ0v) is 6.38. The lowest BCUT2D eigenvalue weighted by atomic mass is 9.86. The summed E-state index contributed by atoms with van der Waals surface area (Å²) < 4.78 is 5.20. The molecule has 1 heteroatoms. The largest absolute Gasteiger partial charge is 0.373 e. The summed E-state index contributed by atoms with van der Waals surface area (Å²) in [6.45, 7) is 1.04. The van der Waals surface area contributed by atoms with Crippen LogP contribution < -0.4 is 0 Å². The van der Waals surface area contributed by atoms with Crippen molar-refractivity contribution >= 4 is 0 Å². The fourth-order valence-corrected chi connectivity index (χ4v) is 1.81. The molecule has 1 radical (unpaired) electrons. The van der Waals surface area contributed by atoms with E-state index in [4.69, 9.17) is 4.74 Å². The number of hydrogen-bond donors (Lipinski definition) is 0. The molecule has 0 bridgehead atoms. The van der Waals surface area contributed by atoms with E-state index in [0.717, 1.165) is 12.5 Å². The van der Waals surface area contributed by atoms with E-state index in [2.05, 4.69) is 6.42 Å². The van der Waals surface area contributed by atoms with E-state index in [1.807, 2.05) is 0 Å². The van der Waals surface area contributed by atoms with Crippen LogP contribution in [0.25, 0.3) is 0 Å². The quantitative estimate of drug-likeness (QED) is 0.534. The summed E-state index contributed by atoms with van der Waals surface area (Å²) in [4.78, 5) is 0. The minimum Gasteiger partial charge on any atom is -0.373 e. The van der Waals surface area contributed by atoms with Gasteiger partial charge in [-0.15, -0.1) is 0 Å². The molecule has 57 valence electrons. The molecule has 10 heavy (non-hydrogen) atoms. The van der Waals surface area contributed by atoms with Gasteiger partial charge in [0.15, 0.2) is 0 Å². The highest BCUT2D eigenvalue weighted by molar-refractivity contribution is 4.82. The van der Waals surface area contributed by atoms with Gasteiger partial charge in [-0.05, 0) is 25.2 Å². The van der Waals surface area contributed by atoms with Gasteiger partial charge >= 0.3 is 0 Å². The van der Waals surface area contributed by atoms with E-state index in [1.54, 1.807) is 0 Å².